The summed E-state index contributed by atoms with van der Waals surface area (Å²) in [7, 11) is 0. The Morgan fingerprint density at radius 1 is 1.02 bits per heavy atom. The van der Waals surface area contributed by atoms with Gasteiger partial charge in [-0.2, -0.15) is 10.4 Å². The van der Waals surface area contributed by atoms with E-state index in [-0.39, 0.29) is 17.1 Å². The number of carbonyl (C=O) groups is 1. The maximum atomic E-state index is 15.3. The second-order valence-corrected chi connectivity index (χ2v) is 9.61. The zero-order chi connectivity index (χ0) is 27.4. The Labute approximate surface area is 225 Å². The van der Waals surface area contributed by atoms with Crippen LogP contribution < -0.4 is 10.6 Å². The average molecular weight is 534 g/mol. The molecule has 0 spiro atoms. The van der Waals surface area contributed by atoms with Crippen molar-refractivity contribution >= 4 is 33.7 Å². The lowest BCUT2D eigenvalue weighted by atomic mass is 10.1. The lowest BCUT2D eigenvalue weighted by Gasteiger charge is -2.21. The maximum absolute atomic E-state index is 15.3. The van der Waals surface area contributed by atoms with Gasteiger partial charge in [0.1, 0.15) is 5.52 Å². The Kier molecular flexibility index (Phi) is 5.31. The highest BCUT2D eigenvalue weighted by atomic mass is 19.1. The molecule has 12 heteroatoms. The number of nitrogens with one attached hydrogen (secondary N) is 2. The van der Waals surface area contributed by atoms with Crippen LogP contribution in [-0.2, 0) is 11.3 Å². The minimum absolute atomic E-state index is 0.0206. The number of H-pyrrole nitrogens is 2. The number of anilines is 1. The van der Waals surface area contributed by atoms with Gasteiger partial charge in [-0.3, -0.25) is 9.48 Å². The van der Waals surface area contributed by atoms with Gasteiger partial charge in [-0.1, -0.05) is 11.3 Å². The lowest BCUT2D eigenvalue weighted by Crippen LogP contribution is -2.25. The van der Waals surface area contributed by atoms with Gasteiger partial charge in [0.05, 0.1) is 46.1 Å². The molecule has 40 heavy (non-hydrogen) atoms. The molecule has 0 radical (unpaired) electrons. The molecule has 11 nitrogen and oxygen atoms in total. The van der Waals surface area contributed by atoms with Gasteiger partial charge in [0, 0.05) is 30.4 Å². The van der Waals surface area contributed by atoms with Crippen LogP contribution in [0.3, 0.4) is 0 Å². The number of rotatable bonds is 5. The number of aromatic amines is 2. The van der Waals surface area contributed by atoms with E-state index >= 15 is 4.39 Å². The third-order valence-corrected chi connectivity index (χ3v) is 7.16. The Morgan fingerprint density at radius 2 is 1.90 bits per heavy atom. The topological polar surface area (TPSA) is 141 Å². The van der Waals surface area contributed by atoms with Gasteiger partial charge in [-0.05, 0) is 60.5 Å². The fraction of sp³-hybridized carbons (Fsp3) is 0.143. The molecule has 6 aromatic rings. The SMILES string of the molecule is N#Cc1ccc(Cn2nccc2-c2cc(F)c3nnn(-c4ccc5[nH]c(=O)[nH]c5c4)c3c2)c(N2CCCC2=O)c1. The molecule has 0 unspecified atom stereocenters. The van der Waals surface area contributed by atoms with Gasteiger partial charge >= 0.3 is 5.69 Å². The molecular weight excluding hydrogens is 513 g/mol. The Morgan fingerprint density at radius 3 is 2.73 bits per heavy atom. The van der Waals surface area contributed by atoms with Crippen molar-refractivity contribution in [2.24, 2.45) is 0 Å². The highest BCUT2D eigenvalue weighted by molar-refractivity contribution is 5.96. The van der Waals surface area contributed by atoms with E-state index < -0.39 is 5.82 Å². The van der Waals surface area contributed by atoms with E-state index in [0.29, 0.717) is 64.3 Å². The van der Waals surface area contributed by atoms with Crippen molar-refractivity contribution in [1.29, 1.82) is 5.26 Å². The minimum atomic E-state index is -0.538. The molecule has 1 aliphatic rings. The quantitative estimate of drug-likeness (QED) is 0.347. The summed E-state index contributed by atoms with van der Waals surface area (Å²) < 4.78 is 18.6. The van der Waals surface area contributed by atoms with Crippen LogP contribution in [0.1, 0.15) is 24.0 Å². The number of hydrogen-bond donors (Lipinski definition) is 2. The molecular formula is C28H20FN9O2. The van der Waals surface area contributed by atoms with Gasteiger partial charge in [0.2, 0.25) is 5.91 Å². The smallest absolute Gasteiger partial charge is 0.312 e. The first-order valence-electron chi connectivity index (χ1n) is 12.6. The van der Waals surface area contributed by atoms with E-state index in [4.69, 9.17) is 0 Å². The Balaban J connectivity index is 1.30. The molecule has 196 valence electrons. The van der Waals surface area contributed by atoms with Crippen LogP contribution in [0.25, 0.3) is 39.0 Å². The predicted molar refractivity (Wildman–Crippen MR) is 144 cm³/mol. The molecule has 0 atom stereocenters. The number of fused-ring (bicyclic) bond motifs is 2. The summed E-state index contributed by atoms with van der Waals surface area (Å²) in [6.07, 6.45) is 2.86. The Bertz CT molecular complexity index is 2060. The number of halogens is 1. The number of carbonyl (C=O) groups excluding carboxylic acids is 1. The normalized spacial score (nSPS) is 13.5. The van der Waals surface area contributed by atoms with Crippen LogP contribution in [0.2, 0.25) is 0 Å². The minimum Gasteiger partial charge on any atom is -0.312 e. The summed E-state index contributed by atoms with van der Waals surface area (Å²) in [4.78, 5) is 31.3. The molecule has 1 aliphatic heterocycles. The van der Waals surface area contributed by atoms with Crippen LogP contribution in [-0.4, -0.2) is 47.2 Å². The van der Waals surface area contributed by atoms with Crippen molar-refractivity contribution in [2.45, 2.75) is 19.4 Å². The van der Waals surface area contributed by atoms with Crippen molar-refractivity contribution < 1.29 is 9.18 Å². The summed E-state index contributed by atoms with van der Waals surface area (Å²) in [5, 5.41) is 22.1. The Hall–Kier alpha value is -5.57. The van der Waals surface area contributed by atoms with Crippen LogP contribution in [0, 0.1) is 17.1 Å². The second-order valence-electron chi connectivity index (χ2n) is 9.61. The number of benzene rings is 3. The largest absolute Gasteiger partial charge is 0.323 e. The molecule has 3 aromatic carbocycles. The van der Waals surface area contributed by atoms with Crippen LogP contribution in [0.15, 0.2) is 65.6 Å². The van der Waals surface area contributed by atoms with Gasteiger partial charge in [0.15, 0.2) is 5.82 Å². The summed E-state index contributed by atoms with van der Waals surface area (Å²) >= 11 is 0. The van der Waals surface area contributed by atoms with Crippen molar-refractivity contribution in [3.63, 3.8) is 0 Å². The average Bonchev–Trinajstić information content (AvgIpc) is 3.74. The molecule has 2 N–H and O–H groups in total. The fourth-order valence-electron chi connectivity index (χ4n) is 5.26. The molecule has 0 bridgehead atoms. The number of amides is 1. The molecule has 1 amide bonds. The standard InChI is InChI=1S/C28H20FN9O2/c29-20-11-18(12-25-27(20)34-35-38(25)19-5-6-21-22(13-19)33-28(40)32-21)23-7-8-31-37(23)15-17-4-3-16(14-30)10-24(17)36-9-1-2-26(36)39/h3-8,10-13H,1-2,9,15H2,(H2,32,33,40). The van der Waals surface area contributed by atoms with Gasteiger partial charge in [-0.25, -0.2) is 13.9 Å². The monoisotopic (exact) mass is 533 g/mol. The van der Waals surface area contributed by atoms with E-state index in [1.807, 2.05) is 6.07 Å². The highest BCUT2D eigenvalue weighted by Crippen LogP contribution is 2.31. The number of nitriles is 1. The molecule has 0 aliphatic carbocycles. The second kappa shape index (κ2) is 9.02. The van der Waals surface area contributed by atoms with Gasteiger partial charge < -0.3 is 14.9 Å². The highest BCUT2D eigenvalue weighted by Gasteiger charge is 2.25. The molecule has 1 fully saturated rings. The molecule has 3 aromatic heterocycles. The van der Waals surface area contributed by atoms with Crippen LogP contribution in [0.4, 0.5) is 10.1 Å². The van der Waals surface area contributed by atoms with E-state index in [0.717, 1.165) is 12.0 Å². The summed E-state index contributed by atoms with van der Waals surface area (Å²) in [6.45, 7) is 0.899. The van der Waals surface area contributed by atoms with Gasteiger partial charge in [-0.15, -0.1) is 5.10 Å². The van der Waals surface area contributed by atoms with Crippen molar-refractivity contribution in [1.82, 2.24) is 34.7 Å². The fourth-order valence-corrected chi connectivity index (χ4v) is 5.26. The molecule has 1 saturated heterocycles. The first kappa shape index (κ1) is 23.5. The zero-order valence-corrected chi connectivity index (χ0v) is 20.9. The van der Waals surface area contributed by atoms with E-state index in [2.05, 4.69) is 31.4 Å². The molecule has 0 saturated carbocycles. The predicted octanol–water partition coefficient (Wildman–Crippen LogP) is 3.64. The summed E-state index contributed by atoms with van der Waals surface area (Å²) in [6, 6.07) is 17.6. The first-order chi connectivity index (χ1) is 19.5. The lowest BCUT2D eigenvalue weighted by molar-refractivity contribution is -0.117. The van der Waals surface area contributed by atoms with Crippen molar-refractivity contribution in [3.8, 4) is 23.0 Å². The van der Waals surface area contributed by atoms with E-state index in [1.165, 1.54) is 10.7 Å². The summed E-state index contributed by atoms with van der Waals surface area (Å²) in [5.41, 5.74) is 5.27. The summed E-state index contributed by atoms with van der Waals surface area (Å²) in [5.74, 6) is -0.517. The van der Waals surface area contributed by atoms with Crippen molar-refractivity contribution in [3.05, 3.63) is 88.2 Å². The maximum Gasteiger partial charge on any atom is 0.323 e. The van der Waals surface area contributed by atoms with E-state index in [9.17, 15) is 14.9 Å². The van der Waals surface area contributed by atoms with Crippen LogP contribution >= 0.6 is 0 Å². The third kappa shape index (κ3) is 3.83. The molecule has 7 rings (SSSR count). The zero-order valence-electron chi connectivity index (χ0n) is 20.9. The number of nitrogens with zero attached hydrogens (tertiary/aromatic N) is 7. The van der Waals surface area contributed by atoms with Crippen molar-refractivity contribution in [2.75, 3.05) is 11.4 Å². The first-order valence-corrected chi connectivity index (χ1v) is 12.6. The number of hydrogen-bond acceptors (Lipinski definition) is 6. The van der Waals surface area contributed by atoms with Crippen LogP contribution in [0.5, 0.6) is 0 Å². The number of aromatic nitrogens is 7. The van der Waals surface area contributed by atoms with Gasteiger partial charge in [0.25, 0.3) is 0 Å². The third-order valence-electron chi connectivity index (χ3n) is 7.16. The molecule has 4 heterocycles. The van der Waals surface area contributed by atoms with E-state index in [1.54, 1.807) is 58.2 Å². The number of imidazole rings is 1.